The summed E-state index contributed by atoms with van der Waals surface area (Å²) in [6, 6.07) is 22.7. The minimum Gasteiger partial charge on any atom is -0.255 e. The molecule has 0 saturated carbocycles. The number of hydrazine groups is 1. The smallest absolute Gasteiger partial charge is 0.149 e. The molecule has 0 aliphatic carbocycles. The van der Waals surface area contributed by atoms with E-state index in [1.807, 2.05) is 72.8 Å². The highest BCUT2D eigenvalue weighted by molar-refractivity contribution is 5.63. The monoisotopic (exact) mass is 340 g/mol. The molecule has 0 aliphatic heterocycles. The van der Waals surface area contributed by atoms with Gasteiger partial charge in [-0.1, -0.05) is 24.3 Å². The second kappa shape index (κ2) is 7.08. The maximum absolute atomic E-state index is 6.28. The van der Waals surface area contributed by atoms with Crippen LogP contribution in [0.5, 0.6) is 0 Å². The summed E-state index contributed by atoms with van der Waals surface area (Å²) in [4.78, 5) is 17.9. The van der Waals surface area contributed by atoms with Crippen LogP contribution in [-0.4, -0.2) is 19.9 Å². The quantitative estimate of drug-likeness (QED) is 0.451. The van der Waals surface area contributed by atoms with Crippen LogP contribution in [0.1, 0.15) is 0 Å². The van der Waals surface area contributed by atoms with Gasteiger partial charge >= 0.3 is 0 Å². The predicted octanol–water partition coefficient (Wildman–Crippen LogP) is 3.61. The second-order valence-corrected chi connectivity index (χ2v) is 5.56. The van der Waals surface area contributed by atoms with E-state index < -0.39 is 0 Å². The molecular formula is C20H16N6. The Morgan fingerprint density at radius 3 is 1.42 bits per heavy atom. The van der Waals surface area contributed by atoms with E-state index in [0.717, 1.165) is 22.8 Å². The SMILES string of the molecule is NN(c1cccc(-c2ccccn2)n1)c1cccc(-c2ccccn2)n1. The third-order valence-corrected chi connectivity index (χ3v) is 3.82. The van der Waals surface area contributed by atoms with Crippen molar-refractivity contribution in [3.8, 4) is 22.8 Å². The van der Waals surface area contributed by atoms with Crippen molar-refractivity contribution in [3.05, 3.63) is 85.2 Å². The van der Waals surface area contributed by atoms with Crippen LogP contribution in [0.2, 0.25) is 0 Å². The van der Waals surface area contributed by atoms with Gasteiger partial charge in [0.2, 0.25) is 0 Å². The summed E-state index contributed by atoms with van der Waals surface area (Å²) in [5, 5.41) is 1.46. The van der Waals surface area contributed by atoms with Crippen molar-refractivity contribution in [3.63, 3.8) is 0 Å². The summed E-state index contributed by atoms with van der Waals surface area (Å²) >= 11 is 0. The topological polar surface area (TPSA) is 80.8 Å². The molecule has 0 saturated heterocycles. The fourth-order valence-corrected chi connectivity index (χ4v) is 2.55. The van der Waals surface area contributed by atoms with E-state index in [0.29, 0.717) is 11.6 Å². The Kier molecular flexibility index (Phi) is 4.32. The van der Waals surface area contributed by atoms with E-state index in [9.17, 15) is 0 Å². The minimum atomic E-state index is 0.582. The fourth-order valence-electron chi connectivity index (χ4n) is 2.55. The lowest BCUT2D eigenvalue weighted by atomic mass is 10.2. The van der Waals surface area contributed by atoms with Crippen molar-refractivity contribution in [2.45, 2.75) is 0 Å². The van der Waals surface area contributed by atoms with Gasteiger partial charge in [0.15, 0.2) is 0 Å². The zero-order valence-electron chi connectivity index (χ0n) is 13.9. The summed E-state index contributed by atoms with van der Waals surface area (Å²) in [6.45, 7) is 0. The first-order chi connectivity index (χ1) is 12.8. The van der Waals surface area contributed by atoms with Crippen LogP contribution >= 0.6 is 0 Å². The number of hydrogen-bond donors (Lipinski definition) is 1. The van der Waals surface area contributed by atoms with Crippen molar-refractivity contribution in [2.24, 2.45) is 5.84 Å². The fraction of sp³-hybridized carbons (Fsp3) is 0. The molecule has 0 aliphatic rings. The first-order valence-electron chi connectivity index (χ1n) is 8.13. The van der Waals surface area contributed by atoms with Crippen LogP contribution in [-0.2, 0) is 0 Å². The maximum Gasteiger partial charge on any atom is 0.149 e. The normalized spacial score (nSPS) is 10.5. The predicted molar refractivity (Wildman–Crippen MR) is 101 cm³/mol. The van der Waals surface area contributed by atoms with Gasteiger partial charge in [-0.2, -0.15) is 0 Å². The average molecular weight is 340 g/mol. The minimum absolute atomic E-state index is 0.582. The van der Waals surface area contributed by atoms with Crippen LogP contribution in [0.25, 0.3) is 22.8 Å². The van der Waals surface area contributed by atoms with Crippen LogP contribution < -0.4 is 10.9 Å². The third kappa shape index (κ3) is 3.26. The van der Waals surface area contributed by atoms with Gasteiger partial charge in [-0.3, -0.25) is 9.97 Å². The van der Waals surface area contributed by atoms with Crippen LogP contribution in [0, 0.1) is 0 Å². The lowest BCUT2D eigenvalue weighted by Crippen LogP contribution is -2.27. The van der Waals surface area contributed by atoms with Gasteiger partial charge in [0.05, 0.1) is 22.8 Å². The molecule has 0 fully saturated rings. The summed E-state index contributed by atoms with van der Waals surface area (Å²) in [6.07, 6.45) is 3.48. The zero-order chi connectivity index (χ0) is 17.8. The highest BCUT2D eigenvalue weighted by Crippen LogP contribution is 2.23. The Bertz CT molecular complexity index is 922. The molecular weight excluding hydrogens is 324 g/mol. The summed E-state index contributed by atoms with van der Waals surface area (Å²) < 4.78 is 0. The first-order valence-corrected chi connectivity index (χ1v) is 8.13. The molecule has 2 N–H and O–H groups in total. The van der Waals surface area contributed by atoms with E-state index >= 15 is 0 Å². The number of nitrogens with two attached hydrogens (primary N) is 1. The summed E-state index contributed by atoms with van der Waals surface area (Å²) in [5.41, 5.74) is 3.08. The summed E-state index contributed by atoms with van der Waals surface area (Å²) in [7, 11) is 0. The molecule has 4 heterocycles. The third-order valence-electron chi connectivity index (χ3n) is 3.82. The Balaban J connectivity index is 1.67. The van der Waals surface area contributed by atoms with Gasteiger partial charge in [-0.25, -0.2) is 20.8 Å². The Morgan fingerprint density at radius 1 is 0.538 bits per heavy atom. The first kappa shape index (κ1) is 15.9. The number of pyridine rings is 4. The van der Waals surface area contributed by atoms with Gasteiger partial charge in [-0.05, 0) is 48.5 Å². The van der Waals surface area contributed by atoms with Crippen LogP contribution in [0.15, 0.2) is 85.2 Å². The molecule has 0 amide bonds. The van der Waals surface area contributed by atoms with Gasteiger partial charge in [0.25, 0.3) is 0 Å². The van der Waals surface area contributed by atoms with Crippen molar-refractivity contribution in [1.82, 2.24) is 19.9 Å². The van der Waals surface area contributed by atoms with Gasteiger partial charge in [-0.15, -0.1) is 0 Å². The highest BCUT2D eigenvalue weighted by Gasteiger charge is 2.11. The molecule has 0 aromatic carbocycles. The van der Waals surface area contributed by atoms with Gasteiger partial charge in [0, 0.05) is 12.4 Å². The Hall–Kier alpha value is -3.64. The molecule has 6 heteroatoms. The van der Waals surface area contributed by atoms with E-state index in [1.54, 1.807) is 12.4 Å². The molecule has 0 bridgehead atoms. The standard InChI is InChI=1S/C20H16N6/c21-26(19-11-5-9-17(24-19)15-7-1-3-13-22-15)20-12-6-10-18(25-20)16-8-2-4-14-23-16/h1-14H,21H2. The average Bonchev–Trinajstić information content (AvgIpc) is 2.75. The van der Waals surface area contributed by atoms with E-state index in [-0.39, 0.29) is 0 Å². The lowest BCUT2D eigenvalue weighted by molar-refractivity contribution is 0.999. The van der Waals surface area contributed by atoms with E-state index in [2.05, 4.69) is 19.9 Å². The van der Waals surface area contributed by atoms with Crippen molar-refractivity contribution in [1.29, 1.82) is 0 Å². The van der Waals surface area contributed by atoms with Crippen molar-refractivity contribution < 1.29 is 0 Å². The van der Waals surface area contributed by atoms with Crippen LogP contribution in [0.4, 0.5) is 11.6 Å². The second-order valence-electron chi connectivity index (χ2n) is 5.56. The molecule has 4 aromatic rings. The number of hydrogen-bond acceptors (Lipinski definition) is 6. The molecule has 4 aromatic heterocycles. The van der Waals surface area contributed by atoms with Crippen molar-refractivity contribution in [2.75, 3.05) is 5.01 Å². The summed E-state index contributed by atoms with van der Waals surface area (Å²) in [5.74, 6) is 7.44. The molecule has 26 heavy (non-hydrogen) atoms. The van der Waals surface area contributed by atoms with E-state index in [4.69, 9.17) is 5.84 Å². The van der Waals surface area contributed by atoms with E-state index in [1.165, 1.54) is 5.01 Å². The van der Waals surface area contributed by atoms with Gasteiger partial charge in [0.1, 0.15) is 11.6 Å². The number of aromatic nitrogens is 4. The number of anilines is 2. The Morgan fingerprint density at radius 2 is 1.00 bits per heavy atom. The van der Waals surface area contributed by atoms with Gasteiger partial charge < -0.3 is 0 Å². The highest BCUT2D eigenvalue weighted by atomic mass is 15.5. The molecule has 6 nitrogen and oxygen atoms in total. The zero-order valence-corrected chi connectivity index (χ0v) is 13.9. The molecule has 0 unspecified atom stereocenters. The van der Waals surface area contributed by atoms with Crippen molar-refractivity contribution >= 4 is 11.6 Å². The molecule has 0 spiro atoms. The molecule has 0 atom stereocenters. The Labute approximate surface area is 151 Å². The number of nitrogens with zero attached hydrogens (tertiary/aromatic N) is 5. The van der Waals surface area contributed by atoms with Crippen LogP contribution in [0.3, 0.4) is 0 Å². The maximum atomic E-state index is 6.28. The molecule has 126 valence electrons. The lowest BCUT2D eigenvalue weighted by Gasteiger charge is -2.17. The number of rotatable bonds is 4. The molecule has 4 rings (SSSR count). The largest absolute Gasteiger partial charge is 0.255 e. The molecule has 0 radical (unpaired) electrons.